The number of halogens is 1. The summed E-state index contributed by atoms with van der Waals surface area (Å²) in [6, 6.07) is 5.95. The van der Waals surface area contributed by atoms with Crippen molar-refractivity contribution in [2.75, 3.05) is 6.54 Å². The van der Waals surface area contributed by atoms with Crippen LogP contribution in [0.25, 0.3) is 11.3 Å². The van der Waals surface area contributed by atoms with Crippen molar-refractivity contribution < 1.29 is 13.7 Å². The zero-order chi connectivity index (χ0) is 22.0. The SMILES string of the molecule is CCCc1ncc(-c2onc(C)c2C)c([C@@H]2CCCN2C(=O)Cc2ccc(F)cc2)n1. The first-order valence-electron chi connectivity index (χ1n) is 10.8. The fourth-order valence-corrected chi connectivity index (χ4v) is 4.10. The summed E-state index contributed by atoms with van der Waals surface area (Å²) < 4.78 is 18.8. The number of aryl methyl sites for hydroxylation is 2. The monoisotopic (exact) mass is 422 g/mol. The minimum absolute atomic E-state index is 0.0150. The van der Waals surface area contributed by atoms with Gasteiger partial charge in [-0.1, -0.05) is 24.2 Å². The molecule has 1 fully saturated rings. The Hall–Kier alpha value is -3.09. The van der Waals surface area contributed by atoms with Gasteiger partial charge in [0, 0.05) is 24.7 Å². The van der Waals surface area contributed by atoms with E-state index in [1.807, 2.05) is 18.7 Å². The van der Waals surface area contributed by atoms with Crippen molar-refractivity contribution in [3.05, 3.63) is 64.6 Å². The van der Waals surface area contributed by atoms with Crippen molar-refractivity contribution in [2.45, 2.75) is 58.9 Å². The third-order valence-corrected chi connectivity index (χ3v) is 5.90. The van der Waals surface area contributed by atoms with Crippen LogP contribution >= 0.6 is 0 Å². The van der Waals surface area contributed by atoms with Gasteiger partial charge >= 0.3 is 0 Å². The number of amides is 1. The van der Waals surface area contributed by atoms with Gasteiger partial charge in [-0.25, -0.2) is 14.4 Å². The third-order valence-electron chi connectivity index (χ3n) is 5.90. The number of carbonyl (C=O) groups is 1. The van der Waals surface area contributed by atoms with E-state index in [0.717, 1.165) is 59.6 Å². The van der Waals surface area contributed by atoms with Crippen molar-refractivity contribution in [3.8, 4) is 11.3 Å². The van der Waals surface area contributed by atoms with E-state index in [2.05, 4.69) is 17.1 Å². The van der Waals surface area contributed by atoms with Crippen molar-refractivity contribution in [1.29, 1.82) is 0 Å². The lowest BCUT2D eigenvalue weighted by Crippen LogP contribution is -2.32. The Bertz CT molecular complexity index is 1080. The van der Waals surface area contributed by atoms with E-state index in [-0.39, 0.29) is 24.2 Å². The van der Waals surface area contributed by atoms with Gasteiger partial charge in [-0.15, -0.1) is 0 Å². The van der Waals surface area contributed by atoms with Gasteiger partial charge in [0.05, 0.1) is 29.4 Å². The van der Waals surface area contributed by atoms with Crippen LogP contribution in [0.15, 0.2) is 35.0 Å². The first kappa shape index (κ1) is 21.2. The lowest BCUT2D eigenvalue weighted by Gasteiger charge is -2.26. The number of hydrogen-bond acceptors (Lipinski definition) is 5. The van der Waals surface area contributed by atoms with E-state index in [4.69, 9.17) is 9.51 Å². The van der Waals surface area contributed by atoms with Crippen LogP contribution in [-0.4, -0.2) is 32.5 Å². The van der Waals surface area contributed by atoms with Crippen LogP contribution in [0, 0.1) is 19.7 Å². The fourth-order valence-electron chi connectivity index (χ4n) is 4.10. The maximum absolute atomic E-state index is 13.2. The molecule has 2 aromatic heterocycles. The molecule has 0 N–H and O–H groups in total. The molecule has 1 aliphatic heterocycles. The number of benzene rings is 1. The molecule has 0 aliphatic carbocycles. The zero-order valence-electron chi connectivity index (χ0n) is 18.2. The van der Waals surface area contributed by atoms with Crippen molar-refractivity contribution in [3.63, 3.8) is 0 Å². The highest BCUT2D eigenvalue weighted by Gasteiger charge is 2.34. The molecule has 0 saturated carbocycles. The van der Waals surface area contributed by atoms with Gasteiger partial charge in [-0.2, -0.15) is 0 Å². The number of likely N-dealkylation sites (tertiary alicyclic amines) is 1. The average molecular weight is 423 g/mol. The Labute approximate surface area is 181 Å². The highest BCUT2D eigenvalue weighted by molar-refractivity contribution is 5.80. The lowest BCUT2D eigenvalue weighted by atomic mass is 10.0. The predicted molar refractivity (Wildman–Crippen MR) is 115 cm³/mol. The molecule has 1 aromatic carbocycles. The minimum Gasteiger partial charge on any atom is -0.356 e. The van der Waals surface area contributed by atoms with Gasteiger partial charge in [-0.3, -0.25) is 4.79 Å². The smallest absolute Gasteiger partial charge is 0.227 e. The zero-order valence-corrected chi connectivity index (χ0v) is 18.2. The largest absolute Gasteiger partial charge is 0.356 e. The van der Waals surface area contributed by atoms with Gasteiger partial charge in [-0.05, 0) is 50.8 Å². The van der Waals surface area contributed by atoms with Crippen molar-refractivity contribution in [2.24, 2.45) is 0 Å². The molecule has 3 heterocycles. The molecule has 3 aromatic rings. The Balaban J connectivity index is 1.68. The number of carbonyl (C=O) groups excluding carboxylic acids is 1. The second-order valence-electron chi connectivity index (χ2n) is 8.11. The minimum atomic E-state index is -0.304. The lowest BCUT2D eigenvalue weighted by molar-refractivity contribution is -0.131. The van der Waals surface area contributed by atoms with Crippen LogP contribution in [0.3, 0.4) is 0 Å². The average Bonchev–Trinajstić information content (AvgIpc) is 3.38. The summed E-state index contributed by atoms with van der Waals surface area (Å²) in [7, 11) is 0. The molecule has 31 heavy (non-hydrogen) atoms. The standard InChI is InChI=1S/C24H27FN4O2/c1-4-6-21-26-14-19(24-15(2)16(3)28-31-24)23(27-21)20-7-5-12-29(20)22(30)13-17-8-10-18(25)11-9-17/h8-11,14,20H,4-7,12-13H2,1-3H3/t20-/m0/s1. The molecule has 1 aliphatic rings. The summed E-state index contributed by atoms with van der Waals surface area (Å²) in [5.41, 5.74) is 4.20. The third kappa shape index (κ3) is 4.36. The molecule has 1 saturated heterocycles. The number of rotatable bonds is 6. The number of aromatic nitrogens is 3. The molecule has 7 heteroatoms. The molecule has 4 rings (SSSR count). The molecule has 162 valence electrons. The second-order valence-corrected chi connectivity index (χ2v) is 8.11. The predicted octanol–water partition coefficient (Wildman–Crippen LogP) is 4.75. The summed E-state index contributed by atoms with van der Waals surface area (Å²) in [4.78, 5) is 24.5. The molecular weight excluding hydrogens is 395 g/mol. The fraction of sp³-hybridized carbons (Fsp3) is 0.417. The van der Waals surface area contributed by atoms with Gasteiger partial charge in [0.25, 0.3) is 0 Å². The van der Waals surface area contributed by atoms with Crippen LogP contribution in [-0.2, 0) is 17.6 Å². The van der Waals surface area contributed by atoms with Gasteiger partial charge < -0.3 is 9.42 Å². The topological polar surface area (TPSA) is 72.1 Å². The second kappa shape index (κ2) is 8.96. The summed E-state index contributed by atoms with van der Waals surface area (Å²) in [5, 5.41) is 4.09. The molecule has 0 unspecified atom stereocenters. The number of hydrogen-bond donors (Lipinski definition) is 0. The van der Waals surface area contributed by atoms with Crippen LogP contribution in [0.1, 0.15) is 60.6 Å². The van der Waals surface area contributed by atoms with Gasteiger partial charge in [0.15, 0.2) is 5.76 Å². The van der Waals surface area contributed by atoms with Crippen LogP contribution in [0.4, 0.5) is 4.39 Å². The highest BCUT2D eigenvalue weighted by Crippen LogP contribution is 2.38. The van der Waals surface area contributed by atoms with E-state index in [1.54, 1.807) is 18.3 Å². The molecule has 0 bridgehead atoms. The molecule has 0 radical (unpaired) electrons. The molecular formula is C24H27FN4O2. The first-order valence-corrected chi connectivity index (χ1v) is 10.8. The maximum atomic E-state index is 13.2. The molecule has 1 amide bonds. The van der Waals surface area contributed by atoms with E-state index in [1.165, 1.54) is 12.1 Å². The Morgan fingerprint density at radius 3 is 2.71 bits per heavy atom. The highest BCUT2D eigenvalue weighted by atomic mass is 19.1. The van der Waals surface area contributed by atoms with E-state index < -0.39 is 0 Å². The summed E-state index contributed by atoms with van der Waals surface area (Å²) >= 11 is 0. The normalized spacial score (nSPS) is 16.1. The Morgan fingerprint density at radius 2 is 2.03 bits per heavy atom. The van der Waals surface area contributed by atoms with Crippen molar-refractivity contribution in [1.82, 2.24) is 20.0 Å². The van der Waals surface area contributed by atoms with Crippen LogP contribution < -0.4 is 0 Å². The summed E-state index contributed by atoms with van der Waals surface area (Å²) in [6.07, 6.45) is 5.49. The first-order chi connectivity index (χ1) is 15.0. The quantitative estimate of drug-likeness (QED) is 0.573. The molecule has 6 nitrogen and oxygen atoms in total. The summed E-state index contributed by atoms with van der Waals surface area (Å²) in [5.74, 6) is 1.14. The van der Waals surface area contributed by atoms with Crippen LogP contribution in [0.2, 0.25) is 0 Å². The van der Waals surface area contributed by atoms with Crippen LogP contribution in [0.5, 0.6) is 0 Å². The molecule has 1 atom stereocenters. The molecule has 0 spiro atoms. The number of nitrogens with zero attached hydrogens (tertiary/aromatic N) is 4. The van der Waals surface area contributed by atoms with E-state index >= 15 is 0 Å². The Morgan fingerprint density at radius 1 is 1.26 bits per heavy atom. The van der Waals surface area contributed by atoms with Crippen molar-refractivity contribution >= 4 is 5.91 Å². The van der Waals surface area contributed by atoms with Gasteiger partial charge in [0.1, 0.15) is 11.6 Å². The Kier molecular flexibility index (Phi) is 6.11. The van der Waals surface area contributed by atoms with E-state index in [9.17, 15) is 9.18 Å². The summed E-state index contributed by atoms with van der Waals surface area (Å²) in [6.45, 7) is 6.64. The van der Waals surface area contributed by atoms with Gasteiger partial charge in [0.2, 0.25) is 5.91 Å². The maximum Gasteiger partial charge on any atom is 0.227 e. The van der Waals surface area contributed by atoms with E-state index in [0.29, 0.717) is 12.3 Å².